The van der Waals surface area contributed by atoms with Crippen molar-refractivity contribution in [3.05, 3.63) is 24.5 Å². The summed E-state index contributed by atoms with van der Waals surface area (Å²) in [7, 11) is 0. The van der Waals surface area contributed by atoms with Crippen LogP contribution in [0.25, 0.3) is 11.6 Å². The highest BCUT2D eigenvalue weighted by Crippen LogP contribution is 2.35. The van der Waals surface area contributed by atoms with E-state index >= 15 is 0 Å². The van der Waals surface area contributed by atoms with E-state index in [2.05, 4.69) is 25.1 Å². The fourth-order valence-electron chi connectivity index (χ4n) is 3.91. The van der Waals surface area contributed by atoms with Gasteiger partial charge in [0.1, 0.15) is 5.69 Å². The van der Waals surface area contributed by atoms with Crippen LogP contribution in [0.15, 0.2) is 23.0 Å². The highest BCUT2D eigenvalue weighted by molar-refractivity contribution is 5.43. The van der Waals surface area contributed by atoms with Gasteiger partial charge in [-0.3, -0.25) is 9.88 Å². The standard InChI is InChI=1S/C17H23N5O/c1-2-5-13(6-3-1)12-22-10-4-7-15(22)17-21-20-16(23-17)14-11-18-8-9-19-14/h8-9,11,13,15H,1-7,10,12H2/t15-/m1/s1. The zero-order valence-electron chi connectivity index (χ0n) is 13.4. The molecule has 0 N–H and O–H groups in total. The van der Waals surface area contributed by atoms with Gasteiger partial charge in [0.25, 0.3) is 5.89 Å². The van der Waals surface area contributed by atoms with Gasteiger partial charge in [-0.05, 0) is 38.1 Å². The molecule has 0 amide bonds. The maximum Gasteiger partial charge on any atom is 0.267 e. The van der Waals surface area contributed by atoms with E-state index in [0.29, 0.717) is 11.6 Å². The van der Waals surface area contributed by atoms with Crippen LogP contribution >= 0.6 is 0 Å². The Balaban J connectivity index is 1.47. The molecule has 1 saturated heterocycles. The average Bonchev–Trinajstić information content (AvgIpc) is 3.25. The highest BCUT2D eigenvalue weighted by atomic mass is 16.4. The lowest BCUT2D eigenvalue weighted by molar-refractivity contribution is 0.170. The lowest BCUT2D eigenvalue weighted by atomic mass is 9.89. The first-order chi connectivity index (χ1) is 11.4. The number of hydrogen-bond acceptors (Lipinski definition) is 6. The average molecular weight is 313 g/mol. The van der Waals surface area contributed by atoms with Gasteiger partial charge in [0, 0.05) is 18.9 Å². The molecule has 122 valence electrons. The van der Waals surface area contributed by atoms with Crippen molar-refractivity contribution in [2.24, 2.45) is 5.92 Å². The number of rotatable bonds is 4. The summed E-state index contributed by atoms with van der Waals surface area (Å²) in [6.45, 7) is 2.32. The maximum absolute atomic E-state index is 5.91. The maximum atomic E-state index is 5.91. The molecule has 1 aliphatic carbocycles. The van der Waals surface area contributed by atoms with Crippen molar-refractivity contribution in [3.8, 4) is 11.6 Å². The van der Waals surface area contributed by atoms with Gasteiger partial charge in [-0.2, -0.15) is 0 Å². The van der Waals surface area contributed by atoms with Crippen LogP contribution in [0.4, 0.5) is 0 Å². The van der Waals surface area contributed by atoms with Gasteiger partial charge in [0.05, 0.1) is 12.2 Å². The molecule has 6 nitrogen and oxygen atoms in total. The number of aromatic nitrogens is 4. The molecule has 2 aliphatic rings. The first-order valence-corrected chi connectivity index (χ1v) is 8.74. The van der Waals surface area contributed by atoms with Crippen LogP contribution in [0.3, 0.4) is 0 Å². The fraction of sp³-hybridized carbons (Fsp3) is 0.647. The molecule has 6 heteroatoms. The largest absolute Gasteiger partial charge is 0.417 e. The topological polar surface area (TPSA) is 67.9 Å². The van der Waals surface area contributed by atoms with E-state index in [1.165, 1.54) is 45.1 Å². The summed E-state index contributed by atoms with van der Waals surface area (Å²) >= 11 is 0. The lowest BCUT2D eigenvalue weighted by Gasteiger charge is -2.29. The smallest absolute Gasteiger partial charge is 0.267 e. The minimum absolute atomic E-state index is 0.273. The molecule has 23 heavy (non-hydrogen) atoms. The Kier molecular flexibility index (Phi) is 4.33. The molecule has 2 aromatic heterocycles. The zero-order chi connectivity index (χ0) is 15.5. The second kappa shape index (κ2) is 6.74. The second-order valence-corrected chi connectivity index (χ2v) is 6.69. The molecular weight excluding hydrogens is 290 g/mol. The predicted octanol–water partition coefficient (Wildman–Crippen LogP) is 3.24. The van der Waals surface area contributed by atoms with Crippen molar-refractivity contribution in [1.29, 1.82) is 0 Å². The summed E-state index contributed by atoms with van der Waals surface area (Å²) in [6.07, 6.45) is 14.2. The monoisotopic (exact) mass is 313 g/mol. The van der Waals surface area contributed by atoms with Crippen molar-refractivity contribution in [2.75, 3.05) is 13.1 Å². The molecule has 0 bridgehead atoms. The van der Waals surface area contributed by atoms with Crippen LogP contribution in [0, 0.1) is 5.92 Å². The molecule has 0 unspecified atom stereocenters. The first kappa shape index (κ1) is 14.8. The van der Waals surface area contributed by atoms with Crippen LogP contribution in [0.2, 0.25) is 0 Å². The quantitative estimate of drug-likeness (QED) is 0.863. The van der Waals surface area contributed by atoms with Crippen molar-refractivity contribution in [1.82, 2.24) is 25.1 Å². The van der Waals surface area contributed by atoms with Crippen molar-refractivity contribution in [3.63, 3.8) is 0 Å². The minimum atomic E-state index is 0.273. The third-order valence-electron chi connectivity index (χ3n) is 5.09. The van der Waals surface area contributed by atoms with Gasteiger partial charge in [0.2, 0.25) is 5.89 Å². The van der Waals surface area contributed by atoms with Crippen molar-refractivity contribution >= 4 is 0 Å². The molecule has 0 spiro atoms. The Hall–Kier alpha value is -1.82. The molecule has 4 rings (SSSR count). The summed E-state index contributed by atoms with van der Waals surface area (Å²) < 4.78 is 5.91. The van der Waals surface area contributed by atoms with Gasteiger partial charge in [-0.25, -0.2) is 4.98 Å². The van der Waals surface area contributed by atoms with Crippen molar-refractivity contribution in [2.45, 2.75) is 51.0 Å². The molecule has 0 radical (unpaired) electrons. The van der Waals surface area contributed by atoms with Gasteiger partial charge in [0.15, 0.2) is 0 Å². The molecule has 2 aromatic rings. The van der Waals surface area contributed by atoms with Gasteiger partial charge >= 0.3 is 0 Å². The van der Waals surface area contributed by atoms with E-state index in [4.69, 9.17) is 4.42 Å². The molecule has 2 fully saturated rings. The Labute approximate surface area is 136 Å². The fourth-order valence-corrected chi connectivity index (χ4v) is 3.91. The molecule has 1 saturated carbocycles. The summed E-state index contributed by atoms with van der Waals surface area (Å²) in [5.41, 5.74) is 0.642. The van der Waals surface area contributed by atoms with Gasteiger partial charge in [-0.15, -0.1) is 10.2 Å². The summed E-state index contributed by atoms with van der Waals surface area (Å²) in [4.78, 5) is 10.8. The SMILES string of the molecule is c1cnc(-c2nnc([C@H]3CCCN3CC3CCCCC3)o2)cn1. The molecule has 0 aromatic carbocycles. The molecule has 1 aliphatic heterocycles. The molecule has 3 heterocycles. The lowest BCUT2D eigenvalue weighted by Crippen LogP contribution is -2.30. The van der Waals surface area contributed by atoms with E-state index in [1.54, 1.807) is 18.6 Å². The second-order valence-electron chi connectivity index (χ2n) is 6.69. The summed E-state index contributed by atoms with van der Waals surface area (Å²) in [6, 6.07) is 0.273. The first-order valence-electron chi connectivity index (χ1n) is 8.74. The Morgan fingerprint density at radius 2 is 1.96 bits per heavy atom. The van der Waals surface area contributed by atoms with Crippen molar-refractivity contribution < 1.29 is 4.42 Å². The highest BCUT2D eigenvalue weighted by Gasteiger charge is 2.32. The third kappa shape index (κ3) is 3.27. The van der Waals surface area contributed by atoms with E-state index in [1.807, 2.05) is 0 Å². The Morgan fingerprint density at radius 1 is 1.04 bits per heavy atom. The van der Waals surface area contributed by atoms with E-state index in [9.17, 15) is 0 Å². The van der Waals surface area contributed by atoms with Gasteiger partial charge < -0.3 is 4.42 Å². The minimum Gasteiger partial charge on any atom is -0.417 e. The van der Waals surface area contributed by atoms with Crippen LogP contribution in [-0.4, -0.2) is 38.2 Å². The van der Waals surface area contributed by atoms with E-state index in [-0.39, 0.29) is 6.04 Å². The van der Waals surface area contributed by atoms with Crippen LogP contribution in [0.1, 0.15) is 56.9 Å². The Bertz CT molecular complexity index is 623. The van der Waals surface area contributed by atoms with Gasteiger partial charge in [-0.1, -0.05) is 19.3 Å². The zero-order valence-corrected chi connectivity index (χ0v) is 13.4. The molecule has 1 atom stereocenters. The third-order valence-corrected chi connectivity index (χ3v) is 5.09. The van der Waals surface area contributed by atoms with E-state index < -0.39 is 0 Å². The van der Waals surface area contributed by atoms with Crippen LogP contribution < -0.4 is 0 Å². The predicted molar refractivity (Wildman–Crippen MR) is 85.4 cm³/mol. The van der Waals surface area contributed by atoms with Crippen LogP contribution in [0.5, 0.6) is 0 Å². The normalized spacial score (nSPS) is 23.4. The Morgan fingerprint density at radius 3 is 2.78 bits per heavy atom. The number of likely N-dealkylation sites (tertiary alicyclic amines) is 1. The molecular formula is C17H23N5O. The summed E-state index contributed by atoms with van der Waals surface area (Å²) in [5, 5.41) is 8.46. The number of nitrogens with zero attached hydrogens (tertiary/aromatic N) is 5. The van der Waals surface area contributed by atoms with E-state index in [0.717, 1.165) is 24.8 Å². The van der Waals surface area contributed by atoms with Crippen LogP contribution in [-0.2, 0) is 0 Å². The summed E-state index contributed by atoms with van der Waals surface area (Å²) in [5.74, 6) is 2.04. The number of hydrogen-bond donors (Lipinski definition) is 0.